The predicted octanol–water partition coefficient (Wildman–Crippen LogP) is 3.93. The Labute approximate surface area is 203 Å². The van der Waals surface area contributed by atoms with E-state index in [0.29, 0.717) is 17.5 Å². The van der Waals surface area contributed by atoms with Crippen LogP contribution in [0.4, 0.5) is 0 Å². The SMILES string of the molecule is COc1cccc(C[C@H](C2CCN(C(=O)C3CCCCC3)CC2)N(C)C(=O)c2ccn(C)n2)c1. The van der Waals surface area contributed by atoms with Gasteiger partial charge in [0.25, 0.3) is 5.91 Å². The Morgan fingerprint density at radius 1 is 1.12 bits per heavy atom. The molecule has 0 bridgehead atoms. The summed E-state index contributed by atoms with van der Waals surface area (Å²) >= 11 is 0. The Hall–Kier alpha value is -2.83. The first-order valence-electron chi connectivity index (χ1n) is 12.6. The van der Waals surface area contributed by atoms with Gasteiger partial charge in [-0.3, -0.25) is 14.3 Å². The number of hydrogen-bond acceptors (Lipinski definition) is 4. The second kappa shape index (κ2) is 11.1. The molecule has 7 nitrogen and oxygen atoms in total. The first kappa shape index (κ1) is 24.3. The molecule has 184 valence electrons. The second-order valence-electron chi connectivity index (χ2n) is 9.91. The number of piperidine rings is 1. The normalized spacial score (nSPS) is 18.5. The largest absolute Gasteiger partial charge is 0.497 e. The fourth-order valence-corrected chi connectivity index (χ4v) is 5.63. The molecule has 0 N–H and O–H groups in total. The third-order valence-electron chi connectivity index (χ3n) is 7.68. The van der Waals surface area contributed by atoms with E-state index in [4.69, 9.17) is 4.74 Å². The summed E-state index contributed by atoms with van der Waals surface area (Å²) in [6.45, 7) is 1.56. The molecule has 2 heterocycles. The van der Waals surface area contributed by atoms with E-state index in [2.05, 4.69) is 16.1 Å². The van der Waals surface area contributed by atoms with Crippen LogP contribution in [0.1, 0.15) is 61.0 Å². The Morgan fingerprint density at radius 2 is 1.85 bits per heavy atom. The van der Waals surface area contributed by atoms with Crippen molar-refractivity contribution in [3.05, 3.63) is 47.8 Å². The van der Waals surface area contributed by atoms with Crippen molar-refractivity contribution in [2.45, 2.75) is 57.4 Å². The molecule has 4 rings (SSSR count). The number of aryl methyl sites for hydroxylation is 1. The highest BCUT2D eigenvalue weighted by Crippen LogP contribution is 2.31. The average Bonchev–Trinajstić information content (AvgIpc) is 3.33. The minimum Gasteiger partial charge on any atom is -0.497 e. The number of likely N-dealkylation sites (N-methyl/N-ethyl adjacent to an activating group) is 1. The van der Waals surface area contributed by atoms with Crippen molar-refractivity contribution in [1.29, 1.82) is 0 Å². The van der Waals surface area contributed by atoms with E-state index in [0.717, 1.165) is 56.5 Å². The van der Waals surface area contributed by atoms with Gasteiger partial charge in [0.05, 0.1) is 7.11 Å². The van der Waals surface area contributed by atoms with Crippen molar-refractivity contribution in [2.75, 3.05) is 27.2 Å². The molecule has 1 aromatic heterocycles. The molecule has 0 radical (unpaired) electrons. The molecule has 1 aromatic carbocycles. The Balaban J connectivity index is 1.48. The van der Waals surface area contributed by atoms with E-state index in [1.165, 1.54) is 19.3 Å². The van der Waals surface area contributed by atoms with Crippen LogP contribution in [0.25, 0.3) is 0 Å². The summed E-state index contributed by atoms with van der Waals surface area (Å²) in [4.78, 5) is 30.3. The van der Waals surface area contributed by atoms with Crippen LogP contribution in [0.15, 0.2) is 36.5 Å². The maximum atomic E-state index is 13.3. The van der Waals surface area contributed by atoms with E-state index >= 15 is 0 Å². The van der Waals surface area contributed by atoms with Gasteiger partial charge in [0, 0.05) is 45.3 Å². The van der Waals surface area contributed by atoms with Crippen LogP contribution in [-0.2, 0) is 18.3 Å². The molecule has 0 unspecified atom stereocenters. The molecule has 1 saturated carbocycles. The Bertz CT molecular complexity index is 974. The van der Waals surface area contributed by atoms with Crippen LogP contribution in [0.3, 0.4) is 0 Å². The number of methoxy groups -OCH3 is 1. The van der Waals surface area contributed by atoms with E-state index in [1.54, 1.807) is 24.1 Å². The summed E-state index contributed by atoms with van der Waals surface area (Å²) in [7, 11) is 5.39. The molecule has 1 saturated heterocycles. The van der Waals surface area contributed by atoms with Gasteiger partial charge in [-0.15, -0.1) is 0 Å². The minimum absolute atomic E-state index is 0.0218. The minimum atomic E-state index is -0.0609. The molecule has 1 aliphatic heterocycles. The van der Waals surface area contributed by atoms with Gasteiger partial charge >= 0.3 is 0 Å². The Kier molecular flexibility index (Phi) is 7.91. The summed E-state index contributed by atoms with van der Waals surface area (Å²) in [6.07, 6.45) is 10.1. The maximum absolute atomic E-state index is 13.3. The number of rotatable bonds is 7. The number of ether oxygens (including phenoxy) is 1. The van der Waals surface area contributed by atoms with Crippen molar-refractivity contribution < 1.29 is 14.3 Å². The van der Waals surface area contributed by atoms with Gasteiger partial charge in [0.15, 0.2) is 0 Å². The molecule has 2 aromatic rings. The summed E-state index contributed by atoms with van der Waals surface area (Å²) in [6, 6.07) is 9.87. The lowest BCUT2D eigenvalue weighted by atomic mass is 9.83. The summed E-state index contributed by atoms with van der Waals surface area (Å²) < 4.78 is 7.08. The molecule has 1 atom stereocenters. The Morgan fingerprint density at radius 3 is 2.50 bits per heavy atom. The van der Waals surface area contributed by atoms with Gasteiger partial charge in [-0.25, -0.2) is 0 Å². The van der Waals surface area contributed by atoms with Crippen LogP contribution < -0.4 is 4.74 Å². The van der Waals surface area contributed by atoms with Crippen LogP contribution in [0, 0.1) is 11.8 Å². The zero-order chi connectivity index (χ0) is 24.1. The molecule has 0 spiro atoms. The number of carbonyl (C=O) groups excluding carboxylic acids is 2. The van der Waals surface area contributed by atoms with Crippen molar-refractivity contribution in [3.63, 3.8) is 0 Å². The molecular formula is C27H38N4O3. The molecule has 2 fully saturated rings. The standard InChI is InChI=1S/C27H38N4O3/c1-29-15-14-24(28-29)27(33)30(2)25(19-20-8-7-11-23(18-20)34-3)21-12-16-31(17-13-21)26(32)22-9-5-4-6-10-22/h7-8,11,14-15,18,21-22,25H,4-6,9-10,12-13,16-17,19H2,1-3H3/t25-/m1/s1. The first-order chi connectivity index (χ1) is 16.5. The average molecular weight is 467 g/mol. The zero-order valence-electron chi connectivity index (χ0n) is 20.8. The smallest absolute Gasteiger partial charge is 0.274 e. The highest BCUT2D eigenvalue weighted by molar-refractivity contribution is 5.92. The monoisotopic (exact) mass is 466 g/mol. The topological polar surface area (TPSA) is 67.7 Å². The number of hydrogen-bond donors (Lipinski definition) is 0. The van der Waals surface area contributed by atoms with Gasteiger partial charge in [-0.1, -0.05) is 31.4 Å². The maximum Gasteiger partial charge on any atom is 0.274 e. The summed E-state index contributed by atoms with van der Waals surface area (Å²) in [5, 5.41) is 4.33. The second-order valence-corrected chi connectivity index (χ2v) is 9.91. The highest BCUT2D eigenvalue weighted by Gasteiger charge is 2.35. The van der Waals surface area contributed by atoms with Gasteiger partial charge in [-0.2, -0.15) is 5.10 Å². The quantitative estimate of drug-likeness (QED) is 0.620. The lowest BCUT2D eigenvalue weighted by Gasteiger charge is -2.41. The van der Waals surface area contributed by atoms with E-state index in [9.17, 15) is 9.59 Å². The van der Waals surface area contributed by atoms with Crippen molar-refractivity contribution in [1.82, 2.24) is 19.6 Å². The summed E-state index contributed by atoms with van der Waals surface area (Å²) in [5.41, 5.74) is 1.61. The predicted molar refractivity (Wildman–Crippen MR) is 132 cm³/mol. The van der Waals surface area contributed by atoms with Crippen LogP contribution >= 0.6 is 0 Å². The van der Waals surface area contributed by atoms with E-state index in [1.807, 2.05) is 37.2 Å². The number of nitrogens with zero attached hydrogens (tertiary/aromatic N) is 4. The third kappa shape index (κ3) is 5.62. The number of aromatic nitrogens is 2. The lowest BCUT2D eigenvalue weighted by molar-refractivity contribution is -0.138. The molecular weight excluding hydrogens is 428 g/mol. The zero-order valence-corrected chi connectivity index (χ0v) is 20.8. The van der Waals surface area contributed by atoms with Crippen molar-refractivity contribution in [3.8, 4) is 5.75 Å². The fraction of sp³-hybridized carbons (Fsp3) is 0.593. The molecule has 7 heteroatoms. The van der Waals surface area contributed by atoms with Crippen molar-refractivity contribution in [2.24, 2.45) is 18.9 Å². The van der Waals surface area contributed by atoms with Gasteiger partial charge in [-0.05, 0) is 61.8 Å². The van der Waals surface area contributed by atoms with E-state index < -0.39 is 0 Å². The van der Waals surface area contributed by atoms with E-state index in [-0.39, 0.29) is 17.9 Å². The van der Waals surface area contributed by atoms with Crippen molar-refractivity contribution >= 4 is 11.8 Å². The molecule has 2 aliphatic rings. The van der Waals surface area contributed by atoms with Gasteiger partial charge in [0.2, 0.25) is 5.91 Å². The molecule has 1 aliphatic carbocycles. The number of benzene rings is 1. The lowest BCUT2D eigenvalue weighted by Crippen LogP contribution is -2.49. The summed E-state index contributed by atoms with van der Waals surface area (Å²) in [5.74, 6) is 1.64. The molecule has 2 amide bonds. The van der Waals surface area contributed by atoms with Gasteiger partial charge < -0.3 is 14.5 Å². The first-order valence-corrected chi connectivity index (χ1v) is 12.6. The fourth-order valence-electron chi connectivity index (χ4n) is 5.63. The number of likely N-dealkylation sites (tertiary alicyclic amines) is 1. The number of amides is 2. The van der Waals surface area contributed by atoms with Crippen LogP contribution in [-0.4, -0.2) is 64.7 Å². The molecule has 34 heavy (non-hydrogen) atoms. The highest BCUT2D eigenvalue weighted by atomic mass is 16.5. The number of carbonyl (C=O) groups is 2. The van der Waals surface area contributed by atoms with Gasteiger partial charge in [0.1, 0.15) is 11.4 Å². The van der Waals surface area contributed by atoms with Crippen LogP contribution in [0.5, 0.6) is 5.75 Å². The third-order valence-corrected chi connectivity index (χ3v) is 7.68. The van der Waals surface area contributed by atoms with Crippen LogP contribution in [0.2, 0.25) is 0 Å².